The summed E-state index contributed by atoms with van der Waals surface area (Å²) in [6, 6.07) is 21.6. The molecule has 192 valence electrons. The van der Waals surface area contributed by atoms with E-state index in [0.29, 0.717) is 11.8 Å². The minimum Gasteiger partial charge on any atom is -0.0657 e. The Morgan fingerprint density at radius 3 is 2.32 bits per heavy atom. The van der Waals surface area contributed by atoms with Gasteiger partial charge in [-0.05, 0) is 118 Å². The van der Waals surface area contributed by atoms with Gasteiger partial charge in [0, 0.05) is 5.41 Å². The van der Waals surface area contributed by atoms with Gasteiger partial charge in [0.2, 0.25) is 0 Å². The first-order chi connectivity index (χ1) is 18.5. The molecule has 0 radical (unpaired) electrons. The fraction of sp³-hybridized carbons (Fsp3) is 0.368. The molecule has 0 aromatic heterocycles. The summed E-state index contributed by atoms with van der Waals surface area (Å²) in [7, 11) is 0. The van der Waals surface area contributed by atoms with Crippen LogP contribution in [0.5, 0.6) is 0 Å². The first-order valence-corrected chi connectivity index (χ1v) is 15.1. The number of benzene rings is 4. The van der Waals surface area contributed by atoms with Crippen LogP contribution in [0, 0.1) is 18.8 Å². The number of hydrogen-bond donors (Lipinski definition) is 0. The Hall–Kier alpha value is -3.12. The zero-order chi connectivity index (χ0) is 26.2. The molecule has 0 saturated carbocycles. The van der Waals surface area contributed by atoms with Crippen LogP contribution < -0.4 is 0 Å². The molecule has 1 spiro atoms. The van der Waals surface area contributed by atoms with E-state index >= 15 is 0 Å². The molecule has 4 aromatic rings. The molecule has 3 aliphatic carbocycles. The van der Waals surface area contributed by atoms with E-state index in [1.165, 1.54) is 63.9 Å². The number of aryl methyl sites for hydroxylation is 1. The molecular weight excluding hydrogens is 456 g/mol. The van der Waals surface area contributed by atoms with E-state index in [1.807, 2.05) is 0 Å². The highest BCUT2D eigenvalue weighted by Gasteiger charge is 2.48. The molecule has 0 aliphatic heterocycles. The summed E-state index contributed by atoms with van der Waals surface area (Å²) in [6.07, 6.45) is 12.4. The lowest BCUT2D eigenvalue weighted by Gasteiger charge is -2.38. The van der Waals surface area contributed by atoms with Crippen LogP contribution in [0.4, 0.5) is 0 Å². The summed E-state index contributed by atoms with van der Waals surface area (Å²) >= 11 is 0. The maximum Gasteiger partial charge on any atom is 0.0443 e. The average molecular weight is 497 g/mol. The summed E-state index contributed by atoms with van der Waals surface area (Å²) in [5.74, 6) is 1.26. The lowest BCUT2D eigenvalue weighted by molar-refractivity contribution is 0.491. The second-order valence-corrected chi connectivity index (χ2v) is 12.2. The minimum atomic E-state index is -0.0928. The van der Waals surface area contributed by atoms with Gasteiger partial charge in [0.05, 0.1) is 0 Å². The van der Waals surface area contributed by atoms with Gasteiger partial charge in [-0.1, -0.05) is 106 Å². The van der Waals surface area contributed by atoms with Crippen LogP contribution in [-0.2, 0) is 11.8 Å². The highest BCUT2D eigenvalue weighted by molar-refractivity contribution is 6.11. The molecule has 0 N–H and O–H groups in total. The van der Waals surface area contributed by atoms with Crippen LogP contribution >= 0.6 is 0 Å². The van der Waals surface area contributed by atoms with Gasteiger partial charge in [-0.25, -0.2) is 0 Å². The lowest BCUT2D eigenvalue weighted by Crippen LogP contribution is -2.29. The van der Waals surface area contributed by atoms with Crippen molar-refractivity contribution in [3.05, 3.63) is 106 Å². The molecule has 0 nitrogen and oxygen atoms in total. The lowest BCUT2D eigenvalue weighted by atomic mass is 9.65. The van der Waals surface area contributed by atoms with Gasteiger partial charge in [0.25, 0.3) is 0 Å². The van der Waals surface area contributed by atoms with Crippen molar-refractivity contribution in [2.24, 2.45) is 11.8 Å². The van der Waals surface area contributed by atoms with E-state index in [-0.39, 0.29) is 5.41 Å². The molecule has 4 aromatic carbocycles. The Kier molecular flexibility index (Phi) is 5.49. The molecule has 0 heterocycles. The van der Waals surface area contributed by atoms with Crippen molar-refractivity contribution in [3.8, 4) is 11.1 Å². The van der Waals surface area contributed by atoms with Gasteiger partial charge in [0.1, 0.15) is 0 Å². The predicted molar refractivity (Wildman–Crippen MR) is 164 cm³/mol. The Balaban J connectivity index is 1.64. The van der Waals surface area contributed by atoms with E-state index in [9.17, 15) is 0 Å². The largest absolute Gasteiger partial charge is 0.0657 e. The van der Waals surface area contributed by atoms with Crippen molar-refractivity contribution in [2.75, 3.05) is 0 Å². The summed E-state index contributed by atoms with van der Waals surface area (Å²) in [6.45, 7) is 11.8. The number of rotatable bonds is 6. The van der Waals surface area contributed by atoms with Crippen LogP contribution in [0.3, 0.4) is 0 Å². The summed E-state index contributed by atoms with van der Waals surface area (Å²) < 4.78 is 0. The van der Waals surface area contributed by atoms with Crippen LogP contribution in [0.1, 0.15) is 87.6 Å². The molecular formula is C38H40. The van der Waals surface area contributed by atoms with E-state index < -0.39 is 0 Å². The highest BCUT2D eigenvalue weighted by Crippen LogP contribution is 2.62. The second-order valence-electron chi connectivity index (χ2n) is 12.2. The molecule has 0 fully saturated rings. The van der Waals surface area contributed by atoms with E-state index in [0.717, 1.165) is 12.8 Å². The van der Waals surface area contributed by atoms with E-state index in [4.69, 9.17) is 0 Å². The Morgan fingerprint density at radius 1 is 0.763 bits per heavy atom. The topological polar surface area (TPSA) is 0 Å². The zero-order valence-corrected chi connectivity index (χ0v) is 23.7. The summed E-state index contributed by atoms with van der Waals surface area (Å²) in [4.78, 5) is 0. The molecule has 0 amide bonds. The van der Waals surface area contributed by atoms with Gasteiger partial charge in [-0.15, -0.1) is 0 Å². The van der Waals surface area contributed by atoms with Crippen molar-refractivity contribution in [1.29, 1.82) is 0 Å². The predicted octanol–water partition coefficient (Wildman–Crippen LogP) is 10.6. The van der Waals surface area contributed by atoms with Gasteiger partial charge >= 0.3 is 0 Å². The summed E-state index contributed by atoms with van der Waals surface area (Å²) in [5.41, 5.74) is 13.8. The van der Waals surface area contributed by atoms with Crippen LogP contribution in [0.15, 0.2) is 77.9 Å². The van der Waals surface area contributed by atoms with Crippen molar-refractivity contribution in [1.82, 2.24) is 0 Å². The third-order valence-electron chi connectivity index (χ3n) is 10.3. The van der Waals surface area contributed by atoms with Gasteiger partial charge in [-0.3, -0.25) is 0 Å². The summed E-state index contributed by atoms with van der Waals surface area (Å²) in [5, 5.41) is 5.79. The van der Waals surface area contributed by atoms with E-state index in [2.05, 4.69) is 101 Å². The molecule has 1 atom stereocenters. The van der Waals surface area contributed by atoms with Crippen LogP contribution in [0.25, 0.3) is 32.7 Å². The molecule has 7 rings (SSSR count). The highest BCUT2D eigenvalue weighted by atomic mass is 14.5. The van der Waals surface area contributed by atoms with Crippen molar-refractivity contribution in [2.45, 2.75) is 78.6 Å². The number of allylic oxidation sites excluding steroid dienone is 4. The van der Waals surface area contributed by atoms with Gasteiger partial charge in [-0.2, -0.15) is 0 Å². The van der Waals surface area contributed by atoms with Crippen molar-refractivity contribution < 1.29 is 0 Å². The molecule has 0 bridgehead atoms. The molecule has 0 heteroatoms. The average Bonchev–Trinajstić information content (AvgIpc) is 3.20. The quantitative estimate of drug-likeness (QED) is 0.219. The zero-order valence-electron chi connectivity index (χ0n) is 23.7. The second kappa shape index (κ2) is 8.70. The third-order valence-corrected chi connectivity index (χ3v) is 10.3. The maximum absolute atomic E-state index is 2.75. The van der Waals surface area contributed by atoms with Gasteiger partial charge < -0.3 is 0 Å². The molecule has 1 unspecified atom stereocenters. The molecule has 0 saturated heterocycles. The molecule has 38 heavy (non-hydrogen) atoms. The van der Waals surface area contributed by atoms with Crippen molar-refractivity contribution in [3.63, 3.8) is 0 Å². The smallest absolute Gasteiger partial charge is 0.0443 e. The Morgan fingerprint density at radius 2 is 1.55 bits per heavy atom. The van der Waals surface area contributed by atoms with Gasteiger partial charge in [0.15, 0.2) is 0 Å². The Labute approximate surface area is 228 Å². The monoisotopic (exact) mass is 496 g/mol. The van der Waals surface area contributed by atoms with Crippen molar-refractivity contribution >= 4 is 21.5 Å². The minimum absolute atomic E-state index is 0.0928. The SMILES string of the molecule is CCC(CC)C1=CC2(CC(C(CC)CC)=C1)c1ccc3cccc4c3c1-c1c(cc3cc(C)ccc3c12)C4. The van der Waals surface area contributed by atoms with Crippen LogP contribution in [-0.4, -0.2) is 0 Å². The fourth-order valence-corrected chi connectivity index (χ4v) is 8.42. The number of fused-ring (bicyclic) bond motifs is 4. The first-order valence-electron chi connectivity index (χ1n) is 15.1. The third kappa shape index (κ3) is 3.16. The Bertz CT molecular complexity index is 1670. The molecule has 3 aliphatic rings. The number of hydrogen-bond acceptors (Lipinski definition) is 0. The maximum atomic E-state index is 2.75. The standard InChI is InChI=1S/C38H40/c1-6-24(7-2)30-20-31(25(8-3)9-4)22-38(21-30)33-16-14-26-11-10-12-27-18-29-19-28-17-23(5)13-15-32(28)37(38)35(29)36(33)34(26)27/h10-17,19-21,24-25H,6-9,18,22H2,1-5H3. The fourth-order valence-electron chi connectivity index (χ4n) is 8.42. The van der Waals surface area contributed by atoms with Crippen LogP contribution in [0.2, 0.25) is 0 Å². The first kappa shape index (κ1) is 24.0. The van der Waals surface area contributed by atoms with E-state index in [1.54, 1.807) is 33.4 Å². The normalized spacial score (nSPS) is 19.2.